The van der Waals surface area contributed by atoms with Gasteiger partial charge in [0.25, 0.3) is 0 Å². The minimum Gasteiger partial charge on any atom is -0.488 e. The summed E-state index contributed by atoms with van der Waals surface area (Å²) in [7, 11) is 0. The van der Waals surface area contributed by atoms with Gasteiger partial charge in [-0.3, -0.25) is 9.59 Å². The molecule has 9 heteroatoms. The number of halogens is 3. The number of hydrazone groups is 1. The van der Waals surface area contributed by atoms with E-state index in [2.05, 4.69) is 15.8 Å². The molecule has 0 heterocycles. The molecule has 0 saturated heterocycles. The molecular formula is C24H20Cl3N3O3. The quantitative estimate of drug-likeness (QED) is 0.248. The highest BCUT2D eigenvalue weighted by Gasteiger charge is 2.15. The first-order valence-corrected chi connectivity index (χ1v) is 11.0. The first-order chi connectivity index (χ1) is 15.8. The molecule has 6 nitrogen and oxygen atoms in total. The van der Waals surface area contributed by atoms with Gasteiger partial charge in [0, 0.05) is 31.9 Å². The van der Waals surface area contributed by atoms with E-state index in [1.54, 1.807) is 36.4 Å². The molecule has 0 radical (unpaired) electrons. The molecule has 0 atom stereocenters. The van der Waals surface area contributed by atoms with Crippen molar-refractivity contribution in [1.82, 2.24) is 5.43 Å². The minimum atomic E-state index is -0.916. The fourth-order valence-electron chi connectivity index (χ4n) is 2.96. The molecule has 0 spiro atoms. The lowest BCUT2D eigenvalue weighted by Crippen LogP contribution is -2.32. The molecule has 2 amide bonds. The van der Waals surface area contributed by atoms with Gasteiger partial charge >= 0.3 is 11.8 Å². The Bertz CT molecular complexity index is 1190. The lowest BCUT2D eigenvalue weighted by molar-refractivity contribution is -0.136. The second-order valence-corrected chi connectivity index (χ2v) is 8.34. The van der Waals surface area contributed by atoms with Crippen molar-refractivity contribution < 1.29 is 14.3 Å². The number of anilines is 1. The third-order valence-corrected chi connectivity index (χ3v) is 5.64. The number of nitrogens with zero attached hydrogens (tertiary/aromatic N) is 1. The van der Waals surface area contributed by atoms with Crippen molar-refractivity contribution in [2.75, 3.05) is 5.32 Å². The summed E-state index contributed by atoms with van der Waals surface area (Å²) in [6, 6.07) is 15.7. The third-order valence-electron chi connectivity index (χ3n) is 4.70. The van der Waals surface area contributed by atoms with Crippen LogP contribution in [-0.2, 0) is 16.2 Å². The molecule has 0 unspecified atom stereocenters. The van der Waals surface area contributed by atoms with Gasteiger partial charge in [0.15, 0.2) is 0 Å². The number of nitrogens with one attached hydrogen (secondary N) is 2. The molecular weight excluding hydrogens is 485 g/mol. The molecule has 3 rings (SSSR count). The highest BCUT2D eigenvalue weighted by atomic mass is 35.5. The lowest BCUT2D eigenvalue weighted by Gasteiger charge is -2.12. The van der Waals surface area contributed by atoms with Gasteiger partial charge in [-0.15, -0.1) is 0 Å². The summed E-state index contributed by atoms with van der Waals surface area (Å²) in [5.74, 6) is -1.31. The number of amides is 2. The molecule has 0 bridgehead atoms. The van der Waals surface area contributed by atoms with Gasteiger partial charge < -0.3 is 10.1 Å². The van der Waals surface area contributed by atoms with E-state index in [9.17, 15) is 9.59 Å². The third kappa shape index (κ3) is 6.48. The number of rotatable bonds is 6. The number of ether oxygens (including phenoxy) is 1. The molecule has 0 fully saturated rings. The first-order valence-electron chi connectivity index (χ1n) is 9.82. The maximum Gasteiger partial charge on any atom is 0.329 e. The predicted octanol–water partition coefficient (Wildman–Crippen LogP) is 5.93. The average Bonchev–Trinajstić information content (AvgIpc) is 2.77. The van der Waals surface area contributed by atoms with Crippen molar-refractivity contribution in [3.05, 3.63) is 91.9 Å². The van der Waals surface area contributed by atoms with Crippen molar-refractivity contribution in [3.8, 4) is 5.75 Å². The summed E-state index contributed by atoms with van der Waals surface area (Å²) in [5.41, 5.74) is 5.61. The maximum atomic E-state index is 12.2. The molecule has 2 N–H and O–H groups in total. The van der Waals surface area contributed by atoms with Crippen molar-refractivity contribution in [1.29, 1.82) is 0 Å². The molecule has 0 aliphatic rings. The summed E-state index contributed by atoms with van der Waals surface area (Å²) in [6.45, 7) is 3.80. The number of benzene rings is 3. The summed E-state index contributed by atoms with van der Waals surface area (Å²) in [6.07, 6.45) is 1.33. The van der Waals surface area contributed by atoms with Gasteiger partial charge in [0.1, 0.15) is 12.4 Å². The van der Waals surface area contributed by atoms with E-state index in [-0.39, 0.29) is 6.61 Å². The van der Waals surface area contributed by atoms with E-state index in [0.29, 0.717) is 37.6 Å². The second-order valence-electron chi connectivity index (χ2n) is 7.09. The van der Waals surface area contributed by atoms with Crippen molar-refractivity contribution >= 4 is 58.5 Å². The molecule has 3 aromatic carbocycles. The van der Waals surface area contributed by atoms with Crippen LogP contribution in [-0.4, -0.2) is 18.0 Å². The number of carbonyl (C=O) groups excluding carboxylic acids is 2. The highest BCUT2D eigenvalue weighted by Crippen LogP contribution is 2.28. The number of carbonyl (C=O) groups is 2. The van der Waals surface area contributed by atoms with Crippen molar-refractivity contribution in [2.24, 2.45) is 5.10 Å². The fraction of sp³-hybridized carbons (Fsp3) is 0.125. The first kappa shape index (κ1) is 24.6. The van der Waals surface area contributed by atoms with Gasteiger partial charge in [-0.25, -0.2) is 5.43 Å². The monoisotopic (exact) mass is 503 g/mol. The highest BCUT2D eigenvalue weighted by molar-refractivity contribution is 6.39. The van der Waals surface area contributed by atoms with Crippen molar-refractivity contribution in [2.45, 2.75) is 20.5 Å². The van der Waals surface area contributed by atoms with Crippen LogP contribution >= 0.6 is 34.8 Å². The van der Waals surface area contributed by atoms with E-state index >= 15 is 0 Å². The maximum absolute atomic E-state index is 12.2. The molecule has 170 valence electrons. The number of hydrogen-bond donors (Lipinski definition) is 2. The van der Waals surface area contributed by atoms with Crippen LogP contribution in [0.1, 0.15) is 22.3 Å². The molecule has 33 heavy (non-hydrogen) atoms. The lowest BCUT2D eigenvalue weighted by atomic mass is 10.1. The fourth-order valence-corrected chi connectivity index (χ4v) is 3.65. The van der Waals surface area contributed by atoms with Gasteiger partial charge in [-0.2, -0.15) is 5.10 Å². The molecule has 3 aromatic rings. The Morgan fingerprint density at radius 2 is 1.58 bits per heavy atom. The Labute approximate surface area is 206 Å². The Morgan fingerprint density at radius 3 is 2.24 bits per heavy atom. The van der Waals surface area contributed by atoms with E-state index < -0.39 is 11.8 Å². The smallest absolute Gasteiger partial charge is 0.329 e. The van der Waals surface area contributed by atoms with E-state index in [1.165, 1.54) is 6.21 Å². The molecule has 0 saturated carbocycles. The SMILES string of the molecule is Cc1cccc(C)c1NC(=O)C(=O)N/N=C\c1cc(Cl)ccc1OCc1c(Cl)cccc1Cl. The minimum absolute atomic E-state index is 0.117. The number of hydrogen-bond acceptors (Lipinski definition) is 4. The molecule has 0 aliphatic heterocycles. The Hall–Kier alpha value is -3.06. The zero-order chi connectivity index (χ0) is 24.0. The van der Waals surface area contributed by atoms with Gasteiger partial charge in [-0.1, -0.05) is 59.1 Å². The Balaban J connectivity index is 1.67. The largest absolute Gasteiger partial charge is 0.488 e. The summed E-state index contributed by atoms with van der Waals surface area (Å²) in [5, 5.41) is 7.87. The molecule has 0 aliphatic carbocycles. The van der Waals surface area contributed by atoms with Crippen LogP contribution in [0.25, 0.3) is 0 Å². The van der Waals surface area contributed by atoms with Crippen LogP contribution in [0.2, 0.25) is 15.1 Å². The van der Waals surface area contributed by atoms with E-state index in [1.807, 2.05) is 32.0 Å². The summed E-state index contributed by atoms with van der Waals surface area (Å²) in [4.78, 5) is 24.4. The Kier molecular flexibility index (Phi) is 8.33. The molecule has 0 aromatic heterocycles. The van der Waals surface area contributed by atoms with Crippen LogP contribution < -0.4 is 15.5 Å². The Morgan fingerprint density at radius 1 is 0.939 bits per heavy atom. The second kappa shape index (κ2) is 11.2. The average molecular weight is 505 g/mol. The van der Waals surface area contributed by atoms with Gasteiger partial charge in [-0.05, 0) is 55.3 Å². The number of para-hydroxylation sites is 1. The topological polar surface area (TPSA) is 79.8 Å². The van der Waals surface area contributed by atoms with Crippen molar-refractivity contribution in [3.63, 3.8) is 0 Å². The summed E-state index contributed by atoms with van der Waals surface area (Å²) >= 11 is 18.5. The van der Waals surface area contributed by atoms with E-state index in [0.717, 1.165) is 11.1 Å². The number of aryl methyl sites for hydroxylation is 2. The zero-order valence-electron chi connectivity index (χ0n) is 17.8. The van der Waals surface area contributed by atoms with Crippen LogP contribution in [0.3, 0.4) is 0 Å². The van der Waals surface area contributed by atoms with Crippen LogP contribution in [0, 0.1) is 13.8 Å². The van der Waals surface area contributed by atoms with Crippen LogP contribution in [0.5, 0.6) is 5.75 Å². The standard InChI is InChI=1S/C24H20Cl3N3O3/c1-14-5-3-6-15(2)22(14)29-23(31)24(32)30-28-12-16-11-17(25)9-10-21(16)33-13-18-19(26)7-4-8-20(18)27/h3-12H,13H2,1-2H3,(H,29,31)(H,30,32)/b28-12-. The van der Waals surface area contributed by atoms with Crippen LogP contribution in [0.4, 0.5) is 5.69 Å². The van der Waals surface area contributed by atoms with Gasteiger partial charge in [0.2, 0.25) is 0 Å². The van der Waals surface area contributed by atoms with Gasteiger partial charge in [0.05, 0.1) is 6.21 Å². The summed E-state index contributed by atoms with van der Waals surface area (Å²) < 4.78 is 5.84. The zero-order valence-corrected chi connectivity index (χ0v) is 20.1. The normalized spacial score (nSPS) is 10.8. The van der Waals surface area contributed by atoms with Crippen LogP contribution in [0.15, 0.2) is 59.7 Å². The predicted molar refractivity (Wildman–Crippen MR) is 133 cm³/mol. The van der Waals surface area contributed by atoms with E-state index in [4.69, 9.17) is 39.5 Å².